The third-order valence-corrected chi connectivity index (χ3v) is 2.57. The van der Waals surface area contributed by atoms with Gasteiger partial charge < -0.3 is 10.3 Å². The van der Waals surface area contributed by atoms with Gasteiger partial charge in [0.25, 0.3) is 5.69 Å². The molecule has 0 aliphatic carbocycles. The van der Waals surface area contributed by atoms with Gasteiger partial charge in [-0.25, -0.2) is 4.39 Å². The molecule has 0 saturated heterocycles. The number of carbonyl (C=O) groups is 1. The highest BCUT2D eigenvalue weighted by Crippen LogP contribution is 2.18. The number of non-ortho nitro benzene ring substituents is 1. The summed E-state index contributed by atoms with van der Waals surface area (Å²) < 4.78 is 12.7. The summed E-state index contributed by atoms with van der Waals surface area (Å²) in [5.41, 5.74) is -0.189. The Morgan fingerprint density at radius 2 is 1.60 bits per heavy atom. The van der Waals surface area contributed by atoms with Gasteiger partial charge in [-0.2, -0.15) is 0 Å². The Hall–Kier alpha value is -2.80. The van der Waals surface area contributed by atoms with E-state index in [0.717, 1.165) is 24.3 Å². The van der Waals surface area contributed by atoms with E-state index in [1.54, 1.807) is 0 Å². The number of amides is 1. The van der Waals surface area contributed by atoms with E-state index in [4.69, 9.17) is 0 Å². The van der Waals surface area contributed by atoms with Crippen LogP contribution >= 0.6 is 0 Å². The minimum absolute atomic E-state index is 0.00919. The highest BCUT2D eigenvalue weighted by molar-refractivity contribution is 6.06. The number of anilines is 1. The molecule has 2 rings (SSSR count). The van der Waals surface area contributed by atoms with Crippen LogP contribution < -0.4 is 5.06 Å². The quantitative estimate of drug-likeness (QED) is 0.636. The number of nitro groups is 1. The van der Waals surface area contributed by atoms with Crippen LogP contribution in [0.4, 0.5) is 15.8 Å². The molecule has 6 nitrogen and oxygen atoms in total. The Bertz CT molecular complexity index is 640. The Labute approximate surface area is 112 Å². The monoisotopic (exact) mass is 275 g/mol. The van der Waals surface area contributed by atoms with Crippen molar-refractivity contribution in [1.82, 2.24) is 0 Å². The van der Waals surface area contributed by atoms with Gasteiger partial charge in [0.1, 0.15) is 5.82 Å². The van der Waals surface area contributed by atoms with Crippen molar-refractivity contribution in [3.8, 4) is 0 Å². The summed E-state index contributed by atoms with van der Waals surface area (Å²) in [6, 6.07) is 9.10. The van der Waals surface area contributed by atoms with E-state index in [1.807, 2.05) is 0 Å². The molecule has 0 saturated carbocycles. The van der Waals surface area contributed by atoms with Crippen LogP contribution in [0.5, 0.6) is 0 Å². The molecule has 2 aromatic carbocycles. The first kappa shape index (κ1) is 13.6. The Balaban J connectivity index is 2.22. The summed E-state index contributed by atoms with van der Waals surface area (Å²) in [5.74, 6) is -1.41. The fourth-order valence-corrected chi connectivity index (χ4v) is 1.54. The second-order valence-electron chi connectivity index (χ2n) is 3.88. The predicted octanol–water partition coefficient (Wildman–Crippen LogP) is 2.88. The maximum atomic E-state index is 12.7. The maximum absolute atomic E-state index is 12.7. The molecule has 0 aliphatic heterocycles. The van der Waals surface area contributed by atoms with Gasteiger partial charge in [0.05, 0.1) is 4.92 Å². The van der Waals surface area contributed by atoms with Crippen molar-refractivity contribution in [2.24, 2.45) is 0 Å². The molecule has 0 aromatic heterocycles. The van der Waals surface area contributed by atoms with Crippen molar-refractivity contribution in [2.75, 3.05) is 5.06 Å². The Kier molecular flexibility index (Phi) is 3.72. The SMILES string of the molecule is O=C(c1ccc([N+](=O)[O-])cc1)N([O-])c1ccc(F)cc1. The minimum atomic E-state index is -0.883. The summed E-state index contributed by atoms with van der Waals surface area (Å²) >= 11 is 0. The van der Waals surface area contributed by atoms with Crippen molar-refractivity contribution in [1.29, 1.82) is 0 Å². The number of halogens is 1. The van der Waals surface area contributed by atoms with E-state index in [2.05, 4.69) is 0 Å². The van der Waals surface area contributed by atoms with Gasteiger partial charge in [0.15, 0.2) is 0 Å². The van der Waals surface area contributed by atoms with Gasteiger partial charge in [-0.1, -0.05) is 0 Å². The second kappa shape index (κ2) is 5.45. The van der Waals surface area contributed by atoms with Crippen molar-refractivity contribution < 1.29 is 14.1 Å². The largest absolute Gasteiger partial charge is 0.751 e. The first-order valence-corrected chi connectivity index (χ1v) is 5.50. The fraction of sp³-hybridized carbons (Fsp3) is 0. The summed E-state index contributed by atoms with van der Waals surface area (Å²) in [5, 5.41) is 22.4. The van der Waals surface area contributed by atoms with Crippen LogP contribution in [-0.4, -0.2) is 10.8 Å². The lowest BCUT2D eigenvalue weighted by molar-refractivity contribution is -0.384. The van der Waals surface area contributed by atoms with E-state index in [-0.39, 0.29) is 22.0 Å². The maximum Gasteiger partial charge on any atom is 0.269 e. The molecular weight excluding hydrogens is 267 g/mol. The van der Waals surface area contributed by atoms with E-state index >= 15 is 0 Å². The average molecular weight is 275 g/mol. The zero-order valence-corrected chi connectivity index (χ0v) is 10.0. The molecule has 0 radical (unpaired) electrons. The van der Waals surface area contributed by atoms with Gasteiger partial charge in [0, 0.05) is 23.4 Å². The molecule has 0 bridgehead atoms. The molecule has 0 aliphatic rings. The molecule has 0 heterocycles. The van der Waals surface area contributed by atoms with Crippen LogP contribution in [-0.2, 0) is 0 Å². The zero-order valence-electron chi connectivity index (χ0n) is 10.0. The molecule has 0 spiro atoms. The summed E-state index contributed by atoms with van der Waals surface area (Å²) in [7, 11) is 0. The highest BCUT2D eigenvalue weighted by Gasteiger charge is 2.12. The van der Waals surface area contributed by atoms with Crippen LogP contribution in [0.3, 0.4) is 0 Å². The number of nitro benzene ring substituents is 1. The minimum Gasteiger partial charge on any atom is -0.751 e. The van der Waals surface area contributed by atoms with Crippen molar-refractivity contribution >= 4 is 17.3 Å². The normalized spacial score (nSPS) is 10.1. The molecule has 0 atom stereocenters. The van der Waals surface area contributed by atoms with Gasteiger partial charge in [-0.05, 0) is 36.4 Å². The lowest BCUT2D eigenvalue weighted by Gasteiger charge is -2.28. The van der Waals surface area contributed by atoms with E-state index in [9.17, 15) is 24.5 Å². The summed E-state index contributed by atoms with van der Waals surface area (Å²) in [6.45, 7) is 0. The standard InChI is InChI=1S/C13H8FN2O4/c14-10-3-7-11(8-4-10)15(18)13(17)9-1-5-12(6-2-9)16(19)20/h1-8H/q-1. The molecular formula is C13H8FN2O4-. The lowest BCUT2D eigenvalue weighted by atomic mass is 10.2. The number of hydrogen-bond acceptors (Lipinski definition) is 4. The van der Waals surface area contributed by atoms with E-state index < -0.39 is 16.6 Å². The molecule has 0 N–H and O–H groups in total. The Morgan fingerprint density at radius 3 is 2.10 bits per heavy atom. The number of hydroxylamine groups is 1. The van der Waals surface area contributed by atoms with Crippen molar-refractivity contribution in [3.05, 3.63) is 75.2 Å². The van der Waals surface area contributed by atoms with Crippen LogP contribution in [0.2, 0.25) is 0 Å². The third-order valence-electron chi connectivity index (χ3n) is 2.57. The van der Waals surface area contributed by atoms with Crippen molar-refractivity contribution in [2.45, 2.75) is 0 Å². The highest BCUT2D eigenvalue weighted by atomic mass is 19.1. The van der Waals surface area contributed by atoms with Crippen LogP contribution in [0, 0.1) is 21.1 Å². The molecule has 7 heteroatoms. The number of rotatable bonds is 3. The first-order valence-electron chi connectivity index (χ1n) is 5.50. The molecule has 0 unspecified atom stereocenters. The van der Waals surface area contributed by atoms with E-state index in [1.165, 1.54) is 24.3 Å². The first-order chi connectivity index (χ1) is 9.49. The topological polar surface area (TPSA) is 86.5 Å². The molecule has 0 fully saturated rings. The summed E-state index contributed by atoms with van der Waals surface area (Å²) in [6.07, 6.45) is 0. The van der Waals surface area contributed by atoms with Crippen LogP contribution in [0.25, 0.3) is 0 Å². The third kappa shape index (κ3) is 2.78. The molecule has 1 amide bonds. The Morgan fingerprint density at radius 1 is 1.05 bits per heavy atom. The van der Waals surface area contributed by atoms with E-state index in [0.29, 0.717) is 0 Å². The van der Waals surface area contributed by atoms with Gasteiger partial charge in [-0.3, -0.25) is 14.9 Å². The number of carbonyl (C=O) groups excluding carboxylic acids is 1. The van der Waals surface area contributed by atoms with Crippen molar-refractivity contribution in [3.63, 3.8) is 0 Å². The summed E-state index contributed by atoms with van der Waals surface area (Å²) in [4.78, 5) is 21.7. The second-order valence-corrected chi connectivity index (χ2v) is 3.88. The lowest BCUT2D eigenvalue weighted by Crippen LogP contribution is -2.24. The van der Waals surface area contributed by atoms with Gasteiger partial charge in [-0.15, -0.1) is 0 Å². The van der Waals surface area contributed by atoms with Crippen LogP contribution in [0.15, 0.2) is 48.5 Å². The van der Waals surface area contributed by atoms with Crippen LogP contribution in [0.1, 0.15) is 10.4 Å². The zero-order chi connectivity index (χ0) is 14.7. The molecule has 2 aromatic rings. The van der Waals surface area contributed by atoms with Gasteiger partial charge in [0.2, 0.25) is 5.91 Å². The number of nitrogens with zero attached hydrogens (tertiary/aromatic N) is 2. The molecule has 20 heavy (non-hydrogen) atoms. The van der Waals surface area contributed by atoms with Gasteiger partial charge >= 0.3 is 0 Å². The average Bonchev–Trinajstić information content (AvgIpc) is 2.46. The molecule has 102 valence electrons. The number of hydrogen-bond donors (Lipinski definition) is 0. The fourth-order valence-electron chi connectivity index (χ4n) is 1.54. The predicted molar refractivity (Wildman–Crippen MR) is 69.7 cm³/mol. The smallest absolute Gasteiger partial charge is 0.269 e. The number of benzene rings is 2.